The van der Waals surface area contributed by atoms with E-state index in [2.05, 4.69) is 20.4 Å². The molecule has 0 saturated carbocycles. The average Bonchev–Trinajstić information content (AvgIpc) is 3.42. The van der Waals surface area contributed by atoms with Crippen LogP contribution in [0.2, 0.25) is 0 Å². The Labute approximate surface area is 187 Å². The minimum atomic E-state index is -0.777. The van der Waals surface area contributed by atoms with Crippen molar-refractivity contribution in [2.45, 2.75) is 25.2 Å². The number of hydrogen-bond donors (Lipinski definition) is 0. The summed E-state index contributed by atoms with van der Waals surface area (Å²) in [4.78, 5) is 25.8. The van der Waals surface area contributed by atoms with Crippen molar-refractivity contribution in [3.05, 3.63) is 84.5 Å². The fraction of sp³-hybridized carbons (Fsp3) is 0.200. The standard InChI is InChI=1S/C25H22FN4OP/c26-20-10-8-18(9-11-20)24-23(21-12-13-27-17-28-21)29-25(19-5-2-1-3-6-19)30(24)14-16-32-15-4-7-22(32)31/h1-3,5-6,8,10-14,16-18H,4,7,9,15H2/b16-14+. The summed E-state index contributed by atoms with van der Waals surface area (Å²) in [5, 5.41) is 0. The molecular weight excluding hydrogens is 422 g/mol. The molecule has 7 heteroatoms. The monoisotopic (exact) mass is 444 g/mol. The van der Waals surface area contributed by atoms with Crippen molar-refractivity contribution in [1.82, 2.24) is 19.5 Å². The van der Waals surface area contributed by atoms with Gasteiger partial charge in [0.05, 0.1) is 11.4 Å². The second-order valence-electron chi connectivity index (χ2n) is 7.78. The van der Waals surface area contributed by atoms with Crippen LogP contribution in [0.5, 0.6) is 0 Å². The van der Waals surface area contributed by atoms with Crippen LogP contribution >= 0.6 is 7.92 Å². The van der Waals surface area contributed by atoms with Gasteiger partial charge in [0.15, 0.2) is 5.52 Å². The summed E-state index contributed by atoms with van der Waals surface area (Å²) in [5.74, 6) is 2.53. The molecular formula is C25H22FN4OP. The van der Waals surface area contributed by atoms with E-state index < -0.39 is 7.92 Å². The quantitative estimate of drug-likeness (QED) is 0.444. The van der Waals surface area contributed by atoms with Gasteiger partial charge in [0.2, 0.25) is 0 Å². The van der Waals surface area contributed by atoms with E-state index in [9.17, 15) is 9.18 Å². The topological polar surface area (TPSA) is 60.7 Å². The zero-order valence-electron chi connectivity index (χ0n) is 17.4. The van der Waals surface area contributed by atoms with Crippen molar-refractivity contribution in [3.8, 4) is 22.8 Å². The lowest BCUT2D eigenvalue weighted by Gasteiger charge is -2.18. The first-order chi connectivity index (χ1) is 15.7. The molecule has 0 radical (unpaired) electrons. The summed E-state index contributed by atoms with van der Waals surface area (Å²) in [6.07, 6.45) is 13.3. The molecule has 0 spiro atoms. The lowest BCUT2D eigenvalue weighted by atomic mass is 9.94. The molecule has 2 aliphatic rings. The van der Waals surface area contributed by atoms with E-state index in [1.807, 2.05) is 48.7 Å². The maximum Gasteiger partial charge on any atom is 0.158 e. The molecule has 1 fully saturated rings. The van der Waals surface area contributed by atoms with Gasteiger partial charge in [-0.1, -0.05) is 36.4 Å². The molecule has 1 aliphatic carbocycles. The van der Waals surface area contributed by atoms with Crippen molar-refractivity contribution < 1.29 is 9.18 Å². The first kappa shape index (κ1) is 20.7. The highest BCUT2D eigenvalue weighted by molar-refractivity contribution is 7.78. The predicted octanol–water partition coefficient (Wildman–Crippen LogP) is 6.13. The van der Waals surface area contributed by atoms with Gasteiger partial charge in [-0.25, -0.2) is 19.3 Å². The number of benzene rings is 1. The van der Waals surface area contributed by atoms with Gasteiger partial charge >= 0.3 is 0 Å². The van der Waals surface area contributed by atoms with E-state index in [1.54, 1.807) is 12.3 Å². The van der Waals surface area contributed by atoms with E-state index in [4.69, 9.17) is 4.98 Å². The molecule has 1 aliphatic heterocycles. The number of carbonyl (C=O) groups is 1. The normalized spacial score (nSPS) is 20.8. The Balaban J connectivity index is 1.70. The van der Waals surface area contributed by atoms with E-state index in [0.717, 1.165) is 35.4 Å². The van der Waals surface area contributed by atoms with Crippen LogP contribution in [0.3, 0.4) is 0 Å². The molecule has 0 N–H and O–H groups in total. The molecule has 5 nitrogen and oxygen atoms in total. The Morgan fingerprint density at radius 3 is 2.75 bits per heavy atom. The molecule has 3 aromatic rings. The van der Waals surface area contributed by atoms with Crippen LogP contribution in [-0.2, 0) is 4.79 Å². The summed E-state index contributed by atoms with van der Waals surface area (Å²) in [6.45, 7) is 0. The van der Waals surface area contributed by atoms with Gasteiger partial charge in [0, 0.05) is 30.3 Å². The van der Waals surface area contributed by atoms with Crippen molar-refractivity contribution in [1.29, 1.82) is 0 Å². The van der Waals surface area contributed by atoms with E-state index in [0.29, 0.717) is 24.1 Å². The number of halogens is 1. The fourth-order valence-electron chi connectivity index (χ4n) is 4.13. The van der Waals surface area contributed by atoms with Gasteiger partial charge in [-0.15, -0.1) is 0 Å². The molecule has 160 valence electrons. The number of hydrogen-bond acceptors (Lipinski definition) is 4. The van der Waals surface area contributed by atoms with Gasteiger partial charge < -0.3 is 4.57 Å². The number of nitrogens with zero attached hydrogens (tertiary/aromatic N) is 4. The van der Waals surface area contributed by atoms with Crippen molar-refractivity contribution in [3.63, 3.8) is 0 Å². The summed E-state index contributed by atoms with van der Waals surface area (Å²) >= 11 is 0. The lowest BCUT2D eigenvalue weighted by molar-refractivity contribution is -0.110. The van der Waals surface area contributed by atoms with E-state index >= 15 is 0 Å². The van der Waals surface area contributed by atoms with Gasteiger partial charge in [0.25, 0.3) is 0 Å². The summed E-state index contributed by atoms with van der Waals surface area (Å²) in [7, 11) is -0.777. The maximum atomic E-state index is 13.7. The third kappa shape index (κ3) is 4.11. The van der Waals surface area contributed by atoms with Crippen LogP contribution in [0.1, 0.15) is 30.9 Å². The van der Waals surface area contributed by atoms with Crippen LogP contribution in [0, 0.1) is 0 Å². The van der Waals surface area contributed by atoms with Crippen LogP contribution in [0.4, 0.5) is 4.39 Å². The van der Waals surface area contributed by atoms with Gasteiger partial charge in [-0.3, -0.25) is 4.79 Å². The fourth-order valence-corrected chi connectivity index (χ4v) is 5.93. The lowest BCUT2D eigenvalue weighted by Crippen LogP contribution is -2.06. The Morgan fingerprint density at radius 1 is 1.19 bits per heavy atom. The highest BCUT2D eigenvalue weighted by atomic mass is 31.1. The van der Waals surface area contributed by atoms with Gasteiger partial charge in [-0.05, 0) is 51.0 Å². The van der Waals surface area contributed by atoms with E-state index in [1.165, 1.54) is 12.4 Å². The van der Waals surface area contributed by atoms with Crippen LogP contribution < -0.4 is 0 Å². The van der Waals surface area contributed by atoms with Crippen LogP contribution in [0.15, 0.2) is 78.8 Å². The molecule has 1 aromatic carbocycles. The molecule has 2 atom stereocenters. The van der Waals surface area contributed by atoms with Crippen molar-refractivity contribution in [2.75, 3.05) is 6.16 Å². The molecule has 5 rings (SSSR count). The summed E-state index contributed by atoms with van der Waals surface area (Å²) in [6, 6.07) is 11.8. The van der Waals surface area contributed by atoms with Crippen molar-refractivity contribution in [2.24, 2.45) is 0 Å². The minimum Gasteiger partial charge on any atom is -0.302 e. The molecule has 0 bridgehead atoms. The highest BCUT2D eigenvalue weighted by Crippen LogP contribution is 2.47. The number of aromatic nitrogens is 4. The van der Waals surface area contributed by atoms with Crippen LogP contribution in [0.25, 0.3) is 29.0 Å². The smallest absolute Gasteiger partial charge is 0.158 e. The third-order valence-corrected chi connectivity index (χ3v) is 7.87. The average molecular weight is 444 g/mol. The Morgan fingerprint density at radius 2 is 2.06 bits per heavy atom. The Bertz CT molecular complexity index is 1220. The number of carbonyl (C=O) groups excluding carboxylic acids is 1. The molecule has 32 heavy (non-hydrogen) atoms. The number of rotatable bonds is 5. The Kier molecular flexibility index (Phi) is 5.87. The predicted molar refractivity (Wildman–Crippen MR) is 126 cm³/mol. The zero-order chi connectivity index (χ0) is 21.9. The second kappa shape index (κ2) is 9.09. The van der Waals surface area contributed by atoms with Crippen LogP contribution in [-0.4, -0.2) is 31.2 Å². The number of imidazole rings is 1. The van der Waals surface area contributed by atoms with Crippen molar-refractivity contribution >= 4 is 19.6 Å². The van der Waals surface area contributed by atoms with Gasteiger partial charge in [0.1, 0.15) is 23.7 Å². The minimum absolute atomic E-state index is 0.0684. The van der Waals surface area contributed by atoms with Gasteiger partial charge in [-0.2, -0.15) is 0 Å². The van der Waals surface area contributed by atoms with E-state index in [-0.39, 0.29) is 11.7 Å². The zero-order valence-corrected chi connectivity index (χ0v) is 18.3. The SMILES string of the molecule is O=C1CCCP1/C=C/n1c(-c2ccccc2)nc(-c2ccncn2)c1C1C=CC(F)=CC1. The Hall–Kier alpha value is -3.24. The molecule has 2 unspecified atom stereocenters. The molecule has 1 saturated heterocycles. The molecule has 3 heterocycles. The highest BCUT2D eigenvalue weighted by Gasteiger charge is 2.27. The maximum absolute atomic E-state index is 13.7. The largest absolute Gasteiger partial charge is 0.302 e. The second-order valence-corrected chi connectivity index (χ2v) is 9.96. The number of allylic oxidation sites excluding steroid dienone is 4. The first-order valence-electron chi connectivity index (χ1n) is 10.7. The summed E-state index contributed by atoms with van der Waals surface area (Å²) in [5.41, 5.74) is 3.70. The first-order valence-corrected chi connectivity index (χ1v) is 12.3. The third-order valence-electron chi connectivity index (χ3n) is 5.72. The summed E-state index contributed by atoms with van der Waals surface area (Å²) < 4.78 is 15.8. The molecule has 0 amide bonds. The molecule has 2 aromatic heterocycles.